The summed E-state index contributed by atoms with van der Waals surface area (Å²) in [6.45, 7) is 7.50. The highest BCUT2D eigenvalue weighted by molar-refractivity contribution is 5.20. The minimum Gasteiger partial charge on any atom is -0.491 e. The highest BCUT2D eigenvalue weighted by Gasteiger charge is 2.14. The van der Waals surface area contributed by atoms with E-state index < -0.39 is 6.10 Å². The molecule has 2 unspecified atom stereocenters. The number of hydrogen-bond acceptors (Lipinski definition) is 3. The van der Waals surface area contributed by atoms with Gasteiger partial charge < -0.3 is 15.2 Å². The van der Waals surface area contributed by atoms with Gasteiger partial charge in [0.2, 0.25) is 0 Å². The molecule has 0 radical (unpaired) electrons. The van der Waals surface area contributed by atoms with Crippen molar-refractivity contribution < 1.29 is 9.84 Å². The molecule has 108 valence electrons. The molecule has 0 aliphatic carbocycles. The minimum absolute atomic E-state index is 0.326. The van der Waals surface area contributed by atoms with Crippen LogP contribution in [0.2, 0.25) is 0 Å². The molecule has 0 bridgehead atoms. The van der Waals surface area contributed by atoms with E-state index in [1.165, 1.54) is 12.8 Å². The summed E-state index contributed by atoms with van der Waals surface area (Å²) >= 11 is 0. The van der Waals surface area contributed by atoms with Gasteiger partial charge in [-0.15, -0.1) is 0 Å². The van der Waals surface area contributed by atoms with Gasteiger partial charge in [-0.1, -0.05) is 44.9 Å². The molecule has 2 atom stereocenters. The molecule has 0 aliphatic rings. The van der Waals surface area contributed by atoms with E-state index in [0.717, 1.165) is 5.75 Å². The third-order valence-electron chi connectivity index (χ3n) is 3.62. The van der Waals surface area contributed by atoms with Crippen LogP contribution in [0.15, 0.2) is 30.3 Å². The first-order valence-electron chi connectivity index (χ1n) is 7.26. The second-order valence-corrected chi connectivity index (χ2v) is 5.05. The standard InChI is InChI=1S/C16H27NO2/c1-4-14(5-2)13(3)17-11-15(18)12-19-16-9-7-6-8-10-16/h6-10,13-15,17-18H,4-5,11-12H2,1-3H3. The van der Waals surface area contributed by atoms with Gasteiger partial charge in [-0.2, -0.15) is 0 Å². The molecule has 1 aromatic carbocycles. The lowest BCUT2D eigenvalue weighted by atomic mass is 9.95. The average molecular weight is 265 g/mol. The fourth-order valence-corrected chi connectivity index (χ4v) is 2.25. The molecule has 0 saturated heterocycles. The topological polar surface area (TPSA) is 41.5 Å². The summed E-state index contributed by atoms with van der Waals surface area (Å²) < 4.78 is 5.52. The molecule has 0 saturated carbocycles. The Morgan fingerprint density at radius 3 is 2.37 bits per heavy atom. The number of rotatable bonds is 9. The van der Waals surface area contributed by atoms with Crippen molar-refractivity contribution in [2.45, 2.75) is 45.8 Å². The van der Waals surface area contributed by atoms with Crippen LogP contribution < -0.4 is 10.1 Å². The number of aliphatic hydroxyl groups is 1. The number of hydrogen-bond donors (Lipinski definition) is 2. The van der Waals surface area contributed by atoms with Gasteiger partial charge in [0.1, 0.15) is 18.5 Å². The lowest BCUT2D eigenvalue weighted by molar-refractivity contribution is 0.101. The van der Waals surface area contributed by atoms with Gasteiger partial charge >= 0.3 is 0 Å². The molecule has 0 spiro atoms. The molecule has 0 heterocycles. The van der Waals surface area contributed by atoms with Crippen molar-refractivity contribution in [3.63, 3.8) is 0 Å². The fraction of sp³-hybridized carbons (Fsp3) is 0.625. The first kappa shape index (κ1) is 16.0. The maximum absolute atomic E-state index is 9.90. The molecule has 0 aromatic heterocycles. The van der Waals surface area contributed by atoms with E-state index in [0.29, 0.717) is 25.1 Å². The molecule has 2 N–H and O–H groups in total. The van der Waals surface area contributed by atoms with E-state index in [-0.39, 0.29) is 0 Å². The van der Waals surface area contributed by atoms with Crippen LogP contribution in [-0.2, 0) is 0 Å². The second-order valence-electron chi connectivity index (χ2n) is 5.05. The third-order valence-corrected chi connectivity index (χ3v) is 3.62. The highest BCUT2D eigenvalue weighted by Crippen LogP contribution is 2.12. The fourth-order valence-electron chi connectivity index (χ4n) is 2.25. The molecule has 1 rings (SSSR count). The van der Waals surface area contributed by atoms with Crippen molar-refractivity contribution in [2.24, 2.45) is 5.92 Å². The van der Waals surface area contributed by atoms with Crippen molar-refractivity contribution in [3.8, 4) is 5.75 Å². The zero-order valence-electron chi connectivity index (χ0n) is 12.3. The molecule has 0 amide bonds. The first-order valence-corrected chi connectivity index (χ1v) is 7.26. The Balaban J connectivity index is 2.22. The number of ether oxygens (including phenoxy) is 1. The van der Waals surface area contributed by atoms with Crippen molar-refractivity contribution in [3.05, 3.63) is 30.3 Å². The van der Waals surface area contributed by atoms with Crippen molar-refractivity contribution in [2.75, 3.05) is 13.2 Å². The quantitative estimate of drug-likeness (QED) is 0.721. The predicted octanol–water partition coefficient (Wildman–Crippen LogP) is 2.84. The molecule has 3 nitrogen and oxygen atoms in total. The number of nitrogens with one attached hydrogen (secondary N) is 1. The van der Waals surface area contributed by atoms with Crippen molar-refractivity contribution in [1.82, 2.24) is 5.32 Å². The summed E-state index contributed by atoms with van der Waals surface area (Å²) in [6, 6.07) is 10.0. The SMILES string of the molecule is CCC(CC)C(C)NCC(O)COc1ccccc1. The molecule has 0 aliphatic heterocycles. The van der Waals surface area contributed by atoms with Crippen LogP contribution in [0, 0.1) is 5.92 Å². The van der Waals surface area contributed by atoms with E-state index >= 15 is 0 Å². The monoisotopic (exact) mass is 265 g/mol. The lowest BCUT2D eigenvalue weighted by Crippen LogP contribution is -2.40. The zero-order chi connectivity index (χ0) is 14.1. The van der Waals surface area contributed by atoms with Gasteiger partial charge in [-0.05, 0) is 25.0 Å². The van der Waals surface area contributed by atoms with Crippen molar-refractivity contribution >= 4 is 0 Å². The Bertz CT molecular complexity index is 325. The Kier molecular flexibility index (Phi) is 7.53. The highest BCUT2D eigenvalue weighted by atomic mass is 16.5. The van der Waals surface area contributed by atoms with E-state index in [1.807, 2.05) is 30.3 Å². The number of benzene rings is 1. The summed E-state index contributed by atoms with van der Waals surface area (Å²) in [4.78, 5) is 0. The van der Waals surface area contributed by atoms with Crippen LogP contribution in [0.3, 0.4) is 0 Å². The normalized spacial score (nSPS) is 14.4. The summed E-state index contributed by atoms with van der Waals surface area (Å²) in [5.41, 5.74) is 0. The van der Waals surface area contributed by atoms with Gasteiger partial charge in [0.25, 0.3) is 0 Å². The number of para-hydroxylation sites is 1. The van der Waals surface area contributed by atoms with Gasteiger partial charge in [-0.3, -0.25) is 0 Å². The molecule has 19 heavy (non-hydrogen) atoms. The van der Waals surface area contributed by atoms with Gasteiger partial charge in [0, 0.05) is 12.6 Å². The number of aliphatic hydroxyl groups excluding tert-OH is 1. The first-order chi connectivity index (χ1) is 9.17. The van der Waals surface area contributed by atoms with E-state index in [2.05, 4.69) is 26.1 Å². The minimum atomic E-state index is -0.475. The molecule has 3 heteroatoms. The average Bonchev–Trinajstić information content (AvgIpc) is 2.45. The Labute approximate surface area is 117 Å². The van der Waals surface area contributed by atoms with E-state index in [9.17, 15) is 5.11 Å². The van der Waals surface area contributed by atoms with Gasteiger partial charge in [-0.25, -0.2) is 0 Å². The Hall–Kier alpha value is -1.06. The van der Waals surface area contributed by atoms with E-state index in [4.69, 9.17) is 4.74 Å². The van der Waals surface area contributed by atoms with Crippen molar-refractivity contribution in [1.29, 1.82) is 0 Å². The molecule has 0 fully saturated rings. The van der Waals surface area contributed by atoms with Crippen LogP contribution in [0.25, 0.3) is 0 Å². The van der Waals surface area contributed by atoms with Crippen LogP contribution in [0.5, 0.6) is 5.75 Å². The lowest BCUT2D eigenvalue weighted by Gasteiger charge is -2.24. The summed E-state index contributed by atoms with van der Waals surface area (Å²) in [5.74, 6) is 1.47. The van der Waals surface area contributed by atoms with E-state index in [1.54, 1.807) is 0 Å². The van der Waals surface area contributed by atoms with Crippen LogP contribution in [0.4, 0.5) is 0 Å². The Morgan fingerprint density at radius 1 is 1.16 bits per heavy atom. The largest absolute Gasteiger partial charge is 0.491 e. The second kappa shape index (κ2) is 8.94. The van der Waals surface area contributed by atoms with Crippen LogP contribution in [0.1, 0.15) is 33.6 Å². The predicted molar refractivity (Wildman–Crippen MR) is 79.5 cm³/mol. The maximum atomic E-state index is 9.90. The van der Waals surface area contributed by atoms with Crippen LogP contribution in [-0.4, -0.2) is 30.4 Å². The summed E-state index contributed by atoms with van der Waals surface area (Å²) in [7, 11) is 0. The third kappa shape index (κ3) is 6.08. The maximum Gasteiger partial charge on any atom is 0.119 e. The van der Waals surface area contributed by atoms with Gasteiger partial charge in [0.15, 0.2) is 0 Å². The molecular formula is C16H27NO2. The molecule has 1 aromatic rings. The Morgan fingerprint density at radius 2 is 1.79 bits per heavy atom. The summed E-state index contributed by atoms with van der Waals surface area (Å²) in [5, 5.41) is 13.3. The zero-order valence-corrected chi connectivity index (χ0v) is 12.3. The smallest absolute Gasteiger partial charge is 0.119 e. The molecular weight excluding hydrogens is 238 g/mol. The summed E-state index contributed by atoms with van der Waals surface area (Å²) in [6.07, 6.45) is 1.86. The van der Waals surface area contributed by atoms with Crippen LogP contribution >= 0.6 is 0 Å². The van der Waals surface area contributed by atoms with Gasteiger partial charge in [0.05, 0.1) is 0 Å².